The van der Waals surface area contributed by atoms with Crippen LogP contribution in [0.15, 0.2) is 60.7 Å². The summed E-state index contributed by atoms with van der Waals surface area (Å²) in [5.74, 6) is -0.298. The van der Waals surface area contributed by atoms with Crippen molar-refractivity contribution < 1.29 is 14.8 Å². The topological polar surface area (TPSA) is 78.4 Å². The molecule has 1 unspecified atom stereocenters. The van der Waals surface area contributed by atoms with Gasteiger partial charge in [0, 0.05) is 18.5 Å². The Hall–Kier alpha value is -2.66. The predicted molar refractivity (Wildman–Crippen MR) is 97.3 cm³/mol. The summed E-state index contributed by atoms with van der Waals surface area (Å²) in [5.41, 5.74) is 3.55. The fourth-order valence-electron chi connectivity index (χ4n) is 2.80. The second kappa shape index (κ2) is 10.3. The molecule has 0 spiro atoms. The van der Waals surface area contributed by atoms with Gasteiger partial charge < -0.3 is 5.32 Å². The molecular formula is C20H24N2O3. The number of hydrogen-bond acceptors (Lipinski definition) is 3. The Balaban J connectivity index is 1.92. The van der Waals surface area contributed by atoms with Crippen LogP contribution in [0, 0.1) is 0 Å². The summed E-state index contributed by atoms with van der Waals surface area (Å²) < 4.78 is 0. The quantitative estimate of drug-likeness (QED) is 0.368. The Morgan fingerprint density at radius 3 is 2.16 bits per heavy atom. The lowest BCUT2D eigenvalue weighted by Crippen LogP contribution is -2.18. The Morgan fingerprint density at radius 1 is 0.880 bits per heavy atom. The third-order valence-corrected chi connectivity index (χ3v) is 4.09. The highest BCUT2D eigenvalue weighted by Crippen LogP contribution is 2.26. The van der Waals surface area contributed by atoms with Crippen molar-refractivity contribution in [3.63, 3.8) is 0 Å². The molecule has 2 amide bonds. The monoisotopic (exact) mass is 340 g/mol. The Labute approximate surface area is 148 Å². The number of hydroxylamine groups is 1. The van der Waals surface area contributed by atoms with Crippen LogP contribution in [0.5, 0.6) is 0 Å². The van der Waals surface area contributed by atoms with Crippen LogP contribution >= 0.6 is 0 Å². The van der Waals surface area contributed by atoms with Crippen LogP contribution < -0.4 is 10.8 Å². The molecule has 0 heterocycles. The fraction of sp³-hybridized carbons (Fsp3) is 0.300. The summed E-state index contributed by atoms with van der Waals surface area (Å²) in [5, 5.41) is 11.5. The SMILES string of the molecule is O=C(CCCCC(CC(=O)Nc1ccccc1)c1ccccc1)NO. The maximum absolute atomic E-state index is 12.4. The molecule has 0 aromatic heterocycles. The molecule has 0 radical (unpaired) electrons. The van der Waals surface area contributed by atoms with Crippen LogP contribution in [-0.2, 0) is 9.59 Å². The third kappa shape index (κ3) is 6.77. The van der Waals surface area contributed by atoms with Gasteiger partial charge in [-0.15, -0.1) is 0 Å². The number of carbonyl (C=O) groups excluding carboxylic acids is 2. The Bertz CT molecular complexity index is 659. The number of para-hydroxylation sites is 1. The normalized spacial score (nSPS) is 11.6. The summed E-state index contributed by atoms with van der Waals surface area (Å²) in [6, 6.07) is 19.4. The van der Waals surface area contributed by atoms with Gasteiger partial charge in [0.2, 0.25) is 11.8 Å². The van der Waals surface area contributed by atoms with E-state index in [1.807, 2.05) is 60.7 Å². The van der Waals surface area contributed by atoms with Gasteiger partial charge in [-0.1, -0.05) is 55.0 Å². The first kappa shape index (κ1) is 18.7. The minimum atomic E-state index is -0.377. The third-order valence-electron chi connectivity index (χ3n) is 4.09. The van der Waals surface area contributed by atoms with Crippen molar-refractivity contribution in [1.29, 1.82) is 0 Å². The largest absolute Gasteiger partial charge is 0.326 e. The molecule has 0 aliphatic heterocycles. The summed E-state index contributed by atoms with van der Waals surface area (Å²) in [6.07, 6.45) is 2.98. The van der Waals surface area contributed by atoms with Crippen molar-refractivity contribution >= 4 is 17.5 Å². The number of unbranched alkanes of at least 4 members (excludes halogenated alkanes) is 1. The van der Waals surface area contributed by atoms with E-state index >= 15 is 0 Å². The summed E-state index contributed by atoms with van der Waals surface area (Å²) >= 11 is 0. The van der Waals surface area contributed by atoms with Crippen molar-refractivity contribution in [3.8, 4) is 0 Å². The van der Waals surface area contributed by atoms with E-state index in [1.54, 1.807) is 5.48 Å². The van der Waals surface area contributed by atoms with Crippen LogP contribution in [0.25, 0.3) is 0 Å². The van der Waals surface area contributed by atoms with E-state index in [0.717, 1.165) is 24.1 Å². The zero-order chi connectivity index (χ0) is 17.9. The zero-order valence-corrected chi connectivity index (χ0v) is 14.2. The number of rotatable bonds is 9. The van der Waals surface area contributed by atoms with Gasteiger partial charge in [-0.05, 0) is 36.5 Å². The van der Waals surface area contributed by atoms with Crippen LogP contribution in [0.3, 0.4) is 0 Å². The molecule has 5 heteroatoms. The van der Waals surface area contributed by atoms with Crippen molar-refractivity contribution in [3.05, 3.63) is 66.2 Å². The molecule has 0 saturated heterocycles. The second-order valence-electron chi connectivity index (χ2n) is 6.01. The standard InChI is InChI=1S/C20H24N2O3/c23-19(22-25)14-8-7-11-17(16-9-3-1-4-10-16)15-20(24)21-18-12-5-2-6-13-18/h1-6,9-10,12-13,17,25H,7-8,11,14-15H2,(H,21,24)(H,22,23). The smallest absolute Gasteiger partial charge is 0.243 e. The Morgan fingerprint density at radius 2 is 1.52 bits per heavy atom. The zero-order valence-electron chi connectivity index (χ0n) is 14.2. The molecule has 0 aliphatic carbocycles. The van der Waals surface area contributed by atoms with Crippen molar-refractivity contribution in [2.75, 3.05) is 5.32 Å². The van der Waals surface area contributed by atoms with Gasteiger partial charge in [-0.2, -0.15) is 0 Å². The number of amides is 2. The minimum Gasteiger partial charge on any atom is -0.326 e. The van der Waals surface area contributed by atoms with Crippen molar-refractivity contribution in [2.45, 2.75) is 38.0 Å². The van der Waals surface area contributed by atoms with Crippen molar-refractivity contribution in [1.82, 2.24) is 5.48 Å². The molecule has 3 N–H and O–H groups in total. The first-order valence-electron chi connectivity index (χ1n) is 8.52. The molecule has 0 aliphatic rings. The van der Waals surface area contributed by atoms with Crippen molar-refractivity contribution in [2.24, 2.45) is 0 Å². The summed E-state index contributed by atoms with van der Waals surface area (Å²) in [7, 11) is 0. The first-order valence-corrected chi connectivity index (χ1v) is 8.52. The average molecular weight is 340 g/mol. The highest BCUT2D eigenvalue weighted by Gasteiger charge is 2.16. The summed E-state index contributed by atoms with van der Waals surface area (Å²) in [6.45, 7) is 0. The molecule has 0 fully saturated rings. The first-order chi connectivity index (χ1) is 12.2. The molecule has 0 bridgehead atoms. The number of anilines is 1. The number of nitrogens with one attached hydrogen (secondary N) is 2. The molecule has 2 aromatic carbocycles. The van der Waals surface area contributed by atoms with E-state index in [9.17, 15) is 9.59 Å². The van der Waals surface area contributed by atoms with E-state index in [-0.39, 0.29) is 24.2 Å². The van der Waals surface area contributed by atoms with Gasteiger partial charge in [0.05, 0.1) is 0 Å². The van der Waals surface area contributed by atoms with Crippen LogP contribution in [0.4, 0.5) is 5.69 Å². The summed E-state index contributed by atoms with van der Waals surface area (Å²) in [4.78, 5) is 23.5. The van der Waals surface area contributed by atoms with Gasteiger partial charge in [-0.25, -0.2) is 5.48 Å². The lowest BCUT2D eigenvalue weighted by molar-refractivity contribution is -0.129. The minimum absolute atomic E-state index is 0.0202. The predicted octanol–water partition coefficient (Wildman–Crippen LogP) is 3.86. The number of benzene rings is 2. The maximum atomic E-state index is 12.4. The van der Waals surface area contributed by atoms with Crippen LogP contribution in [-0.4, -0.2) is 17.0 Å². The average Bonchev–Trinajstić information content (AvgIpc) is 2.65. The van der Waals surface area contributed by atoms with Gasteiger partial charge >= 0.3 is 0 Å². The number of carbonyl (C=O) groups is 2. The van der Waals surface area contributed by atoms with Gasteiger partial charge in [0.25, 0.3) is 0 Å². The van der Waals surface area contributed by atoms with E-state index < -0.39 is 0 Å². The lowest BCUT2D eigenvalue weighted by Gasteiger charge is -2.17. The maximum Gasteiger partial charge on any atom is 0.243 e. The lowest BCUT2D eigenvalue weighted by atomic mass is 9.90. The van der Waals surface area contributed by atoms with E-state index in [4.69, 9.17) is 5.21 Å². The molecule has 2 rings (SSSR count). The van der Waals surface area contributed by atoms with Gasteiger partial charge in [0.15, 0.2) is 0 Å². The Kier molecular flexibility index (Phi) is 7.66. The molecular weight excluding hydrogens is 316 g/mol. The molecule has 25 heavy (non-hydrogen) atoms. The van der Waals surface area contributed by atoms with Gasteiger partial charge in [0.1, 0.15) is 0 Å². The fourth-order valence-corrected chi connectivity index (χ4v) is 2.80. The van der Waals surface area contributed by atoms with Crippen LogP contribution in [0.2, 0.25) is 0 Å². The molecule has 5 nitrogen and oxygen atoms in total. The van der Waals surface area contributed by atoms with E-state index in [2.05, 4.69) is 5.32 Å². The molecule has 0 saturated carbocycles. The number of hydrogen-bond donors (Lipinski definition) is 3. The van der Waals surface area contributed by atoms with E-state index in [0.29, 0.717) is 12.8 Å². The molecule has 2 aromatic rings. The van der Waals surface area contributed by atoms with Crippen LogP contribution in [0.1, 0.15) is 43.6 Å². The second-order valence-corrected chi connectivity index (χ2v) is 6.01. The highest BCUT2D eigenvalue weighted by molar-refractivity contribution is 5.91. The highest BCUT2D eigenvalue weighted by atomic mass is 16.5. The van der Waals surface area contributed by atoms with E-state index in [1.165, 1.54) is 0 Å². The van der Waals surface area contributed by atoms with Gasteiger partial charge in [-0.3, -0.25) is 14.8 Å². The molecule has 132 valence electrons. The molecule has 1 atom stereocenters.